The highest BCUT2D eigenvalue weighted by Gasteiger charge is 2.19. The van der Waals surface area contributed by atoms with E-state index < -0.39 is 10.8 Å². The third-order valence-electron chi connectivity index (χ3n) is 3.49. The molecule has 1 fully saturated rings. The Balaban J connectivity index is 2.14. The molecule has 2 unspecified atom stereocenters. The third-order valence-corrected chi connectivity index (χ3v) is 4.30. The van der Waals surface area contributed by atoms with Crippen LogP contribution in [0.2, 0.25) is 0 Å². The summed E-state index contributed by atoms with van der Waals surface area (Å²) < 4.78 is 11.0. The van der Waals surface area contributed by atoms with E-state index in [-0.39, 0.29) is 0 Å². The minimum absolute atomic E-state index is 0.502. The summed E-state index contributed by atoms with van der Waals surface area (Å²) in [5, 5.41) is 3.68. The minimum atomic E-state index is -0.649. The molecule has 1 aliphatic heterocycles. The van der Waals surface area contributed by atoms with E-state index in [0.29, 0.717) is 12.1 Å². The second-order valence-electron chi connectivity index (χ2n) is 5.25. The van der Waals surface area contributed by atoms with Gasteiger partial charge in [-0.15, -0.1) is 0 Å². The second kappa shape index (κ2) is 8.22. The number of rotatable bonds is 7. The normalized spacial score (nSPS) is 22.5. The molecule has 2 atom stereocenters. The van der Waals surface area contributed by atoms with Crippen molar-refractivity contribution in [3.63, 3.8) is 0 Å². The van der Waals surface area contributed by atoms with E-state index in [1.807, 2.05) is 0 Å². The van der Waals surface area contributed by atoms with Gasteiger partial charge in [-0.25, -0.2) is 0 Å². The van der Waals surface area contributed by atoms with Crippen LogP contribution >= 0.6 is 0 Å². The summed E-state index contributed by atoms with van der Waals surface area (Å²) in [4.78, 5) is 2.56. The van der Waals surface area contributed by atoms with Gasteiger partial charge in [0.15, 0.2) is 0 Å². The van der Waals surface area contributed by atoms with Gasteiger partial charge in [0.25, 0.3) is 0 Å². The van der Waals surface area contributed by atoms with Crippen LogP contribution in [0, 0.1) is 0 Å². The Hall–Kier alpha value is 0.0700. The van der Waals surface area contributed by atoms with Crippen molar-refractivity contribution >= 4 is 10.8 Å². The highest BCUT2D eigenvalue weighted by molar-refractivity contribution is 7.84. The van der Waals surface area contributed by atoms with E-state index in [4.69, 9.17) is 0 Å². The summed E-state index contributed by atoms with van der Waals surface area (Å²) in [6.45, 7) is 8.18. The van der Waals surface area contributed by atoms with Crippen molar-refractivity contribution in [2.45, 2.75) is 51.6 Å². The zero-order valence-electron chi connectivity index (χ0n) is 11.6. The fraction of sp³-hybridized carbons (Fsp3) is 1.00. The second-order valence-corrected chi connectivity index (χ2v) is 6.80. The highest BCUT2D eigenvalue weighted by atomic mass is 32.2. The van der Waals surface area contributed by atoms with E-state index >= 15 is 0 Å². The molecule has 0 bridgehead atoms. The van der Waals surface area contributed by atoms with Gasteiger partial charge in [0.2, 0.25) is 0 Å². The fourth-order valence-electron chi connectivity index (χ4n) is 2.47. The van der Waals surface area contributed by atoms with Crippen LogP contribution < -0.4 is 5.32 Å². The van der Waals surface area contributed by atoms with E-state index in [1.54, 1.807) is 6.26 Å². The minimum Gasteiger partial charge on any atom is -0.311 e. The topological polar surface area (TPSA) is 32.3 Å². The molecule has 1 heterocycles. The molecule has 0 aliphatic carbocycles. The molecule has 0 aromatic rings. The summed E-state index contributed by atoms with van der Waals surface area (Å²) in [6.07, 6.45) is 6.60. The Morgan fingerprint density at radius 3 is 2.59 bits per heavy atom. The van der Waals surface area contributed by atoms with Gasteiger partial charge in [-0.3, -0.25) is 4.21 Å². The molecule has 3 nitrogen and oxygen atoms in total. The van der Waals surface area contributed by atoms with Gasteiger partial charge in [-0.05, 0) is 52.2 Å². The van der Waals surface area contributed by atoms with Gasteiger partial charge in [0.05, 0.1) is 0 Å². The molecule has 1 saturated heterocycles. The van der Waals surface area contributed by atoms with Crippen molar-refractivity contribution in [2.24, 2.45) is 0 Å². The van der Waals surface area contributed by atoms with Crippen LogP contribution in [0.15, 0.2) is 0 Å². The molecule has 1 rings (SSSR count). The van der Waals surface area contributed by atoms with Crippen molar-refractivity contribution in [1.82, 2.24) is 10.2 Å². The number of nitrogens with one attached hydrogen (secondary N) is 1. The van der Waals surface area contributed by atoms with Crippen molar-refractivity contribution in [3.05, 3.63) is 0 Å². The molecule has 0 spiro atoms. The van der Waals surface area contributed by atoms with Gasteiger partial charge in [-0.1, -0.05) is 6.92 Å². The maximum atomic E-state index is 11.0. The molecule has 0 aromatic carbocycles. The van der Waals surface area contributed by atoms with E-state index in [9.17, 15) is 4.21 Å². The molecular formula is C13H28N2OS. The Labute approximate surface area is 109 Å². The number of likely N-dealkylation sites (tertiary alicyclic amines) is 1. The quantitative estimate of drug-likeness (QED) is 0.755. The Kier molecular flexibility index (Phi) is 7.32. The van der Waals surface area contributed by atoms with Gasteiger partial charge >= 0.3 is 0 Å². The lowest BCUT2D eigenvalue weighted by atomic mass is 10.0. The first kappa shape index (κ1) is 15.1. The van der Waals surface area contributed by atoms with Gasteiger partial charge < -0.3 is 10.2 Å². The SMILES string of the molecule is CCCN1CCC(NC(C)CCS(C)=O)CC1. The van der Waals surface area contributed by atoms with Gasteiger partial charge in [0, 0.05) is 34.9 Å². The van der Waals surface area contributed by atoms with Crippen LogP contribution in [0.3, 0.4) is 0 Å². The number of hydrogen-bond donors (Lipinski definition) is 1. The third kappa shape index (κ3) is 6.53. The summed E-state index contributed by atoms with van der Waals surface area (Å²) in [5.74, 6) is 0.822. The van der Waals surface area contributed by atoms with Gasteiger partial charge in [-0.2, -0.15) is 0 Å². The Morgan fingerprint density at radius 1 is 1.41 bits per heavy atom. The average Bonchev–Trinajstić information content (AvgIpc) is 2.29. The molecule has 1 N–H and O–H groups in total. The van der Waals surface area contributed by atoms with E-state index in [0.717, 1.165) is 12.2 Å². The van der Waals surface area contributed by atoms with Crippen LogP contribution in [0.4, 0.5) is 0 Å². The summed E-state index contributed by atoms with van der Waals surface area (Å²) in [7, 11) is -0.649. The summed E-state index contributed by atoms with van der Waals surface area (Å²) in [5.41, 5.74) is 0. The van der Waals surface area contributed by atoms with Crippen LogP contribution in [-0.4, -0.2) is 52.8 Å². The lowest BCUT2D eigenvalue weighted by Gasteiger charge is -2.33. The zero-order valence-corrected chi connectivity index (χ0v) is 12.4. The molecule has 0 amide bonds. The Bertz CT molecular complexity index is 227. The summed E-state index contributed by atoms with van der Waals surface area (Å²) >= 11 is 0. The zero-order chi connectivity index (χ0) is 12.7. The van der Waals surface area contributed by atoms with Crippen molar-refractivity contribution < 1.29 is 4.21 Å². The maximum absolute atomic E-state index is 11.0. The largest absolute Gasteiger partial charge is 0.311 e. The highest BCUT2D eigenvalue weighted by Crippen LogP contribution is 2.11. The number of hydrogen-bond acceptors (Lipinski definition) is 3. The smallest absolute Gasteiger partial charge is 0.0246 e. The maximum Gasteiger partial charge on any atom is 0.0246 e. The first-order chi connectivity index (χ1) is 8.11. The lowest BCUT2D eigenvalue weighted by Crippen LogP contribution is -2.45. The lowest BCUT2D eigenvalue weighted by molar-refractivity contribution is 0.192. The number of piperidine rings is 1. The predicted octanol–water partition coefficient (Wildman–Crippen LogP) is 1.61. The fourth-order valence-corrected chi connectivity index (χ4v) is 3.15. The monoisotopic (exact) mass is 260 g/mol. The first-order valence-corrected chi connectivity index (χ1v) is 8.63. The molecule has 0 aromatic heterocycles. The van der Waals surface area contributed by atoms with Crippen LogP contribution in [0.1, 0.15) is 39.5 Å². The van der Waals surface area contributed by atoms with Crippen LogP contribution in [0.25, 0.3) is 0 Å². The molecule has 1 aliphatic rings. The van der Waals surface area contributed by atoms with Gasteiger partial charge in [0.1, 0.15) is 0 Å². The van der Waals surface area contributed by atoms with Crippen LogP contribution in [-0.2, 0) is 10.8 Å². The average molecular weight is 260 g/mol. The molecule has 4 heteroatoms. The first-order valence-electron chi connectivity index (χ1n) is 6.90. The van der Waals surface area contributed by atoms with Crippen molar-refractivity contribution in [1.29, 1.82) is 0 Å². The van der Waals surface area contributed by atoms with Crippen molar-refractivity contribution in [2.75, 3.05) is 31.6 Å². The van der Waals surface area contributed by atoms with Crippen molar-refractivity contribution in [3.8, 4) is 0 Å². The van der Waals surface area contributed by atoms with E-state index in [1.165, 1.54) is 38.9 Å². The molecule has 17 heavy (non-hydrogen) atoms. The molecule has 0 saturated carbocycles. The predicted molar refractivity (Wildman–Crippen MR) is 75.9 cm³/mol. The Morgan fingerprint density at radius 2 is 2.06 bits per heavy atom. The molecule has 102 valence electrons. The molecular weight excluding hydrogens is 232 g/mol. The standard InChI is InChI=1S/C13H28N2OS/c1-4-8-15-9-5-13(6-10-15)14-12(2)7-11-17(3)16/h12-14H,4-11H2,1-3H3. The number of nitrogens with zero attached hydrogens (tertiary/aromatic N) is 1. The summed E-state index contributed by atoms with van der Waals surface area (Å²) in [6, 6.07) is 1.17. The molecule has 0 radical (unpaired) electrons. The van der Waals surface area contributed by atoms with E-state index in [2.05, 4.69) is 24.1 Å². The van der Waals surface area contributed by atoms with Crippen LogP contribution in [0.5, 0.6) is 0 Å².